The Morgan fingerprint density at radius 1 is 0.955 bits per heavy atom. The first-order valence-corrected chi connectivity index (χ1v) is 15.5. The Hall–Kier alpha value is -5.22. The van der Waals surface area contributed by atoms with Gasteiger partial charge < -0.3 is 10.6 Å². The molecule has 0 radical (unpaired) electrons. The number of rotatable bonds is 6. The summed E-state index contributed by atoms with van der Waals surface area (Å²) < 4.78 is 0. The van der Waals surface area contributed by atoms with Gasteiger partial charge in [-0.05, 0) is 76.2 Å². The van der Waals surface area contributed by atoms with Crippen LogP contribution in [0.2, 0.25) is 0 Å². The van der Waals surface area contributed by atoms with E-state index in [0.717, 1.165) is 66.0 Å². The Balaban J connectivity index is 1.13. The predicted molar refractivity (Wildman–Crippen MR) is 184 cm³/mol. The minimum absolute atomic E-state index is 0.338. The Morgan fingerprint density at radius 2 is 1.91 bits per heavy atom. The van der Waals surface area contributed by atoms with Crippen molar-refractivity contribution in [2.45, 2.75) is 25.2 Å². The first-order chi connectivity index (χ1) is 21.8. The van der Waals surface area contributed by atoms with Crippen LogP contribution >= 0.6 is 0 Å². The van der Waals surface area contributed by atoms with Crippen LogP contribution in [0.25, 0.3) is 50.3 Å². The molecule has 3 aliphatic rings. The number of dihydropyridines is 1. The van der Waals surface area contributed by atoms with Gasteiger partial charge in [0.25, 0.3) is 0 Å². The molecule has 1 atom stereocenters. The second kappa shape index (κ2) is 11.1. The van der Waals surface area contributed by atoms with E-state index in [2.05, 4.69) is 114 Å². The second-order valence-electron chi connectivity index (χ2n) is 11.8. The molecule has 0 saturated carbocycles. The van der Waals surface area contributed by atoms with Crippen molar-refractivity contribution in [3.63, 3.8) is 0 Å². The second-order valence-corrected chi connectivity index (χ2v) is 11.8. The van der Waals surface area contributed by atoms with Gasteiger partial charge in [-0.2, -0.15) is 0 Å². The van der Waals surface area contributed by atoms with Crippen LogP contribution in [0.1, 0.15) is 46.7 Å². The molecule has 0 amide bonds. The fraction of sp³-hybridized carbons (Fsp3) is 0.150. The van der Waals surface area contributed by atoms with Crippen LogP contribution < -0.4 is 10.6 Å². The summed E-state index contributed by atoms with van der Waals surface area (Å²) in [6.07, 6.45) is 18.0. The average Bonchev–Trinajstić information content (AvgIpc) is 3.09. The van der Waals surface area contributed by atoms with Crippen molar-refractivity contribution < 1.29 is 0 Å². The predicted octanol–water partition coefficient (Wildman–Crippen LogP) is 8.58. The van der Waals surface area contributed by atoms with Gasteiger partial charge in [0, 0.05) is 47.7 Å². The minimum Gasteiger partial charge on any atom is -0.390 e. The molecule has 0 bridgehead atoms. The Labute approximate surface area is 258 Å². The van der Waals surface area contributed by atoms with E-state index in [1.165, 1.54) is 44.1 Å². The highest BCUT2D eigenvalue weighted by molar-refractivity contribution is 6.13. The lowest BCUT2D eigenvalue weighted by molar-refractivity contribution is 0.627. The highest BCUT2D eigenvalue weighted by Crippen LogP contribution is 2.39. The molecule has 4 nitrogen and oxygen atoms in total. The molecule has 3 heterocycles. The van der Waals surface area contributed by atoms with Gasteiger partial charge in [-0.15, -0.1) is 0 Å². The highest BCUT2D eigenvalue weighted by Gasteiger charge is 2.27. The maximum atomic E-state index is 5.23. The van der Waals surface area contributed by atoms with Crippen molar-refractivity contribution in [2.24, 2.45) is 0 Å². The summed E-state index contributed by atoms with van der Waals surface area (Å²) >= 11 is 0. The van der Waals surface area contributed by atoms with Gasteiger partial charge in [-0.1, -0.05) is 91.6 Å². The summed E-state index contributed by atoms with van der Waals surface area (Å²) in [7, 11) is 0. The largest absolute Gasteiger partial charge is 0.390 e. The van der Waals surface area contributed by atoms with Crippen molar-refractivity contribution >= 4 is 39.0 Å². The minimum atomic E-state index is 0.338. The number of pyridine rings is 2. The third-order valence-electron chi connectivity index (χ3n) is 9.20. The lowest BCUT2D eigenvalue weighted by atomic mass is 9.82. The topological polar surface area (TPSA) is 49.8 Å². The number of allylic oxidation sites excluding steroid dienone is 5. The number of benzene rings is 3. The summed E-state index contributed by atoms with van der Waals surface area (Å²) in [4.78, 5) is 9.97. The molecule has 0 saturated heterocycles. The van der Waals surface area contributed by atoms with Crippen LogP contribution in [0.4, 0.5) is 0 Å². The summed E-state index contributed by atoms with van der Waals surface area (Å²) in [5.41, 5.74) is 13.0. The monoisotopic (exact) mass is 570 g/mol. The maximum Gasteiger partial charge on any atom is 0.0899 e. The van der Waals surface area contributed by atoms with Gasteiger partial charge in [0.15, 0.2) is 0 Å². The molecule has 0 fully saturated rings. The molecule has 1 aliphatic heterocycles. The Morgan fingerprint density at radius 3 is 2.86 bits per heavy atom. The normalized spacial score (nSPS) is 17.2. The fourth-order valence-electron chi connectivity index (χ4n) is 7.11. The van der Waals surface area contributed by atoms with Crippen molar-refractivity contribution in [3.05, 3.63) is 150 Å². The number of para-hydroxylation sites is 1. The first-order valence-electron chi connectivity index (χ1n) is 15.5. The van der Waals surface area contributed by atoms with E-state index < -0.39 is 0 Å². The molecule has 0 spiro atoms. The van der Waals surface area contributed by atoms with Gasteiger partial charge >= 0.3 is 0 Å². The molecular formula is C40H34N4. The molecule has 2 aromatic heterocycles. The molecule has 4 heteroatoms. The van der Waals surface area contributed by atoms with E-state index in [1.807, 2.05) is 18.3 Å². The van der Waals surface area contributed by atoms with Gasteiger partial charge in [0.1, 0.15) is 0 Å². The van der Waals surface area contributed by atoms with E-state index in [-0.39, 0.29) is 0 Å². The Kier molecular flexibility index (Phi) is 6.68. The SMILES string of the molecule is C=C/C(=C\NCC1CC2=C(NCC=C2)c2ncccc21)c1cccc(-c2nc3ccccc3c3c4c(ccc23)C=CCC4)c1. The van der Waals surface area contributed by atoms with E-state index in [1.54, 1.807) is 0 Å². The molecule has 214 valence electrons. The van der Waals surface area contributed by atoms with Crippen LogP contribution in [0.5, 0.6) is 0 Å². The van der Waals surface area contributed by atoms with Crippen LogP contribution in [-0.2, 0) is 6.42 Å². The number of nitrogens with zero attached hydrogens (tertiary/aromatic N) is 2. The summed E-state index contributed by atoms with van der Waals surface area (Å²) in [6, 6.07) is 26.0. The molecule has 2 N–H and O–H groups in total. The van der Waals surface area contributed by atoms with E-state index in [4.69, 9.17) is 9.97 Å². The van der Waals surface area contributed by atoms with Crippen LogP contribution in [-0.4, -0.2) is 23.1 Å². The average molecular weight is 571 g/mol. The zero-order valence-electron chi connectivity index (χ0n) is 24.7. The van der Waals surface area contributed by atoms with Gasteiger partial charge in [-0.3, -0.25) is 4.98 Å². The molecule has 3 aromatic carbocycles. The zero-order chi connectivity index (χ0) is 29.5. The van der Waals surface area contributed by atoms with Crippen LogP contribution in [0.3, 0.4) is 0 Å². The van der Waals surface area contributed by atoms with E-state index in [9.17, 15) is 0 Å². The molecule has 8 rings (SSSR count). The van der Waals surface area contributed by atoms with E-state index in [0.29, 0.717) is 5.92 Å². The summed E-state index contributed by atoms with van der Waals surface area (Å²) in [5, 5.41) is 10.9. The third-order valence-corrected chi connectivity index (χ3v) is 9.20. The summed E-state index contributed by atoms with van der Waals surface area (Å²) in [6.45, 7) is 5.84. The number of aryl methyl sites for hydroxylation is 1. The molecule has 1 unspecified atom stereocenters. The van der Waals surface area contributed by atoms with Crippen molar-refractivity contribution in [1.29, 1.82) is 0 Å². The molecular weight excluding hydrogens is 536 g/mol. The number of hydrogen-bond acceptors (Lipinski definition) is 4. The van der Waals surface area contributed by atoms with Crippen molar-refractivity contribution in [1.82, 2.24) is 20.6 Å². The van der Waals surface area contributed by atoms with Crippen LogP contribution in [0, 0.1) is 0 Å². The molecule has 5 aromatic rings. The van der Waals surface area contributed by atoms with Crippen molar-refractivity contribution in [2.75, 3.05) is 13.1 Å². The third kappa shape index (κ3) is 4.55. The zero-order valence-corrected chi connectivity index (χ0v) is 24.7. The number of aromatic nitrogens is 2. The van der Waals surface area contributed by atoms with E-state index >= 15 is 0 Å². The lowest BCUT2D eigenvalue weighted by Crippen LogP contribution is -2.27. The Bertz CT molecular complexity index is 2080. The molecule has 44 heavy (non-hydrogen) atoms. The first kappa shape index (κ1) is 26.4. The number of nitrogens with one attached hydrogen (secondary N) is 2. The van der Waals surface area contributed by atoms with Gasteiger partial charge in [0.2, 0.25) is 0 Å². The number of hydrogen-bond donors (Lipinski definition) is 2. The van der Waals surface area contributed by atoms with Gasteiger partial charge in [-0.25, -0.2) is 4.98 Å². The fourth-order valence-corrected chi connectivity index (χ4v) is 7.11. The maximum absolute atomic E-state index is 5.23. The quantitative estimate of drug-likeness (QED) is 0.159. The van der Waals surface area contributed by atoms with Crippen molar-refractivity contribution in [3.8, 4) is 11.3 Å². The highest BCUT2D eigenvalue weighted by atomic mass is 14.9. The summed E-state index contributed by atoms with van der Waals surface area (Å²) in [5.74, 6) is 0.338. The molecule has 2 aliphatic carbocycles. The van der Waals surface area contributed by atoms with Gasteiger partial charge in [0.05, 0.1) is 22.6 Å². The van der Waals surface area contributed by atoms with Crippen LogP contribution in [0.15, 0.2) is 122 Å². The standard InChI is InChI=1S/C40H34N4/c1-2-26(24-41-25-31-23-30-13-8-20-42-39(30)40-33(31)16-9-21-43-40)28-11-7-12-29(22-28)38-35-19-18-27-10-3-4-14-32(27)37(35)34-15-5-6-17-36(34)44-38/h2-3,5-13,15-19,21-22,24,31,41-42H,1,4,14,20,23,25H2/b26-24+. The smallest absolute Gasteiger partial charge is 0.0899 e. The lowest BCUT2D eigenvalue weighted by Gasteiger charge is -2.30. The number of fused-ring (bicyclic) bond motifs is 7.